The van der Waals surface area contributed by atoms with E-state index >= 15 is 0 Å². The Balaban J connectivity index is 2.15. The number of halogens is 1. The van der Waals surface area contributed by atoms with Crippen molar-refractivity contribution in [3.63, 3.8) is 0 Å². The molecule has 0 aliphatic heterocycles. The van der Waals surface area contributed by atoms with Gasteiger partial charge in [-0.3, -0.25) is 10.1 Å². The van der Waals surface area contributed by atoms with E-state index in [0.717, 1.165) is 0 Å². The van der Waals surface area contributed by atoms with Crippen LogP contribution >= 0.6 is 0 Å². The SMILES string of the molecule is NCc1ccc(OCc2ccccc2[N+](=O)[O-])c(F)c1. The molecule has 0 bridgehead atoms. The summed E-state index contributed by atoms with van der Waals surface area (Å²) in [6, 6.07) is 10.6. The molecule has 0 unspecified atom stereocenters. The maximum atomic E-state index is 13.7. The van der Waals surface area contributed by atoms with Crippen LogP contribution in [0.4, 0.5) is 10.1 Å². The van der Waals surface area contributed by atoms with Gasteiger partial charge in [-0.2, -0.15) is 0 Å². The second kappa shape index (κ2) is 6.12. The zero-order valence-corrected chi connectivity index (χ0v) is 10.6. The highest BCUT2D eigenvalue weighted by Gasteiger charge is 2.13. The average molecular weight is 276 g/mol. The van der Waals surface area contributed by atoms with Gasteiger partial charge in [0.05, 0.1) is 10.5 Å². The Bertz CT molecular complexity index is 632. The summed E-state index contributed by atoms with van der Waals surface area (Å²) in [6.45, 7) is 0.164. The van der Waals surface area contributed by atoms with Crippen LogP contribution in [0.3, 0.4) is 0 Å². The van der Waals surface area contributed by atoms with Crippen molar-refractivity contribution in [1.29, 1.82) is 0 Å². The zero-order chi connectivity index (χ0) is 14.5. The highest BCUT2D eigenvalue weighted by atomic mass is 19.1. The molecule has 2 rings (SSSR count). The number of rotatable bonds is 5. The van der Waals surface area contributed by atoms with Gasteiger partial charge in [-0.15, -0.1) is 0 Å². The molecule has 0 aliphatic rings. The van der Waals surface area contributed by atoms with Crippen LogP contribution in [0.2, 0.25) is 0 Å². The lowest BCUT2D eigenvalue weighted by Gasteiger charge is -2.08. The van der Waals surface area contributed by atoms with E-state index < -0.39 is 10.7 Å². The van der Waals surface area contributed by atoms with Crippen LogP contribution in [0.1, 0.15) is 11.1 Å². The molecule has 0 saturated heterocycles. The second-order valence-electron chi connectivity index (χ2n) is 4.14. The standard InChI is InChI=1S/C14H13FN2O3/c15-12-7-10(8-16)5-6-14(12)20-9-11-3-1-2-4-13(11)17(18)19/h1-7H,8-9,16H2. The number of ether oxygens (including phenoxy) is 1. The first kappa shape index (κ1) is 14.0. The van der Waals surface area contributed by atoms with Gasteiger partial charge in [0.1, 0.15) is 6.61 Å². The van der Waals surface area contributed by atoms with Crippen LogP contribution in [0.5, 0.6) is 5.75 Å². The van der Waals surface area contributed by atoms with Crippen LogP contribution in [-0.2, 0) is 13.2 Å². The summed E-state index contributed by atoms with van der Waals surface area (Å²) in [4.78, 5) is 10.4. The quantitative estimate of drug-likeness (QED) is 0.672. The Kier molecular flexibility index (Phi) is 4.27. The molecule has 5 nitrogen and oxygen atoms in total. The minimum Gasteiger partial charge on any atom is -0.486 e. The number of hydrogen-bond donors (Lipinski definition) is 1. The molecule has 6 heteroatoms. The summed E-state index contributed by atoms with van der Waals surface area (Å²) in [5.41, 5.74) is 6.40. The molecule has 2 aromatic carbocycles. The van der Waals surface area contributed by atoms with Gasteiger partial charge < -0.3 is 10.5 Å². The van der Waals surface area contributed by atoms with E-state index in [1.165, 1.54) is 18.2 Å². The number of nitrogens with two attached hydrogens (primary N) is 1. The molecule has 0 heterocycles. The fraction of sp³-hybridized carbons (Fsp3) is 0.143. The summed E-state index contributed by atoms with van der Waals surface area (Å²) in [7, 11) is 0. The topological polar surface area (TPSA) is 78.4 Å². The van der Waals surface area contributed by atoms with Gasteiger partial charge in [0, 0.05) is 12.6 Å². The van der Waals surface area contributed by atoms with E-state index in [1.54, 1.807) is 24.3 Å². The van der Waals surface area contributed by atoms with Crippen LogP contribution in [0, 0.1) is 15.9 Å². The van der Waals surface area contributed by atoms with Crippen molar-refractivity contribution in [2.45, 2.75) is 13.2 Å². The van der Waals surface area contributed by atoms with Crippen molar-refractivity contribution in [3.8, 4) is 5.75 Å². The minimum absolute atomic E-state index is 0.0420. The number of hydrogen-bond acceptors (Lipinski definition) is 4. The molecule has 0 atom stereocenters. The van der Waals surface area contributed by atoms with Gasteiger partial charge in [-0.1, -0.05) is 18.2 Å². The van der Waals surface area contributed by atoms with Crippen LogP contribution in [0.15, 0.2) is 42.5 Å². The minimum atomic E-state index is -0.536. The van der Waals surface area contributed by atoms with Gasteiger partial charge in [0.2, 0.25) is 0 Å². The van der Waals surface area contributed by atoms with Crippen LogP contribution in [0.25, 0.3) is 0 Å². The fourth-order valence-electron chi connectivity index (χ4n) is 1.75. The first-order chi connectivity index (χ1) is 9.61. The molecule has 0 saturated carbocycles. The summed E-state index contributed by atoms with van der Waals surface area (Å²) >= 11 is 0. The molecular weight excluding hydrogens is 263 g/mol. The van der Waals surface area contributed by atoms with Crippen molar-refractivity contribution in [2.75, 3.05) is 0 Å². The summed E-state index contributed by atoms with van der Waals surface area (Å²) in [5.74, 6) is -0.494. The molecule has 2 N–H and O–H groups in total. The molecule has 104 valence electrons. The normalized spacial score (nSPS) is 10.3. The maximum Gasteiger partial charge on any atom is 0.276 e. The first-order valence-electron chi connectivity index (χ1n) is 5.95. The van der Waals surface area contributed by atoms with Crippen molar-refractivity contribution in [2.24, 2.45) is 5.73 Å². The molecular formula is C14H13FN2O3. The predicted molar refractivity (Wildman–Crippen MR) is 71.7 cm³/mol. The van der Waals surface area contributed by atoms with Crippen molar-refractivity contribution in [3.05, 3.63) is 69.5 Å². The van der Waals surface area contributed by atoms with Gasteiger partial charge in [0.25, 0.3) is 5.69 Å². The van der Waals surface area contributed by atoms with Crippen LogP contribution < -0.4 is 10.5 Å². The van der Waals surface area contributed by atoms with Crippen molar-refractivity contribution in [1.82, 2.24) is 0 Å². The Morgan fingerprint density at radius 1 is 1.25 bits per heavy atom. The largest absolute Gasteiger partial charge is 0.486 e. The Hall–Kier alpha value is -2.47. The Morgan fingerprint density at radius 2 is 2.00 bits per heavy atom. The Labute approximate surface area is 114 Å². The number of nitro groups is 1. The first-order valence-corrected chi connectivity index (χ1v) is 5.95. The lowest BCUT2D eigenvalue weighted by atomic mass is 10.2. The van der Waals surface area contributed by atoms with E-state index in [4.69, 9.17) is 10.5 Å². The highest BCUT2D eigenvalue weighted by molar-refractivity contribution is 5.40. The van der Waals surface area contributed by atoms with E-state index in [1.807, 2.05) is 0 Å². The smallest absolute Gasteiger partial charge is 0.276 e. The van der Waals surface area contributed by atoms with E-state index in [-0.39, 0.29) is 24.6 Å². The number of nitro benzene ring substituents is 1. The van der Waals surface area contributed by atoms with Gasteiger partial charge in [-0.05, 0) is 23.8 Å². The molecule has 20 heavy (non-hydrogen) atoms. The summed E-state index contributed by atoms with van der Waals surface area (Å²) < 4.78 is 19.0. The van der Waals surface area contributed by atoms with E-state index in [9.17, 15) is 14.5 Å². The third-order valence-electron chi connectivity index (χ3n) is 2.80. The molecule has 0 fully saturated rings. The lowest BCUT2D eigenvalue weighted by molar-refractivity contribution is -0.385. The van der Waals surface area contributed by atoms with Gasteiger partial charge >= 0.3 is 0 Å². The molecule has 0 aromatic heterocycles. The van der Waals surface area contributed by atoms with E-state index in [2.05, 4.69) is 0 Å². The molecule has 0 aliphatic carbocycles. The Morgan fingerprint density at radius 3 is 2.65 bits per heavy atom. The lowest BCUT2D eigenvalue weighted by Crippen LogP contribution is -2.02. The molecule has 2 aromatic rings. The monoisotopic (exact) mass is 276 g/mol. The number of benzene rings is 2. The third-order valence-corrected chi connectivity index (χ3v) is 2.80. The van der Waals surface area contributed by atoms with Gasteiger partial charge in [0.15, 0.2) is 11.6 Å². The van der Waals surface area contributed by atoms with Crippen LogP contribution in [-0.4, -0.2) is 4.92 Å². The second-order valence-corrected chi connectivity index (χ2v) is 4.14. The highest BCUT2D eigenvalue weighted by Crippen LogP contribution is 2.23. The summed E-state index contributed by atoms with van der Waals surface area (Å²) in [6.07, 6.45) is 0. The molecule has 0 spiro atoms. The van der Waals surface area contributed by atoms with Gasteiger partial charge in [-0.25, -0.2) is 4.39 Å². The maximum absolute atomic E-state index is 13.7. The third kappa shape index (κ3) is 3.10. The van der Waals surface area contributed by atoms with Crippen molar-refractivity contribution >= 4 is 5.69 Å². The van der Waals surface area contributed by atoms with E-state index in [0.29, 0.717) is 11.1 Å². The number of nitrogens with zero attached hydrogens (tertiary/aromatic N) is 1. The van der Waals surface area contributed by atoms with Crippen molar-refractivity contribution < 1.29 is 14.1 Å². The zero-order valence-electron chi connectivity index (χ0n) is 10.6. The fourth-order valence-corrected chi connectivity index (χ4v) is 1.75. The predicted octanol–water partition coefficient (Wildman–Crippen LogP) is 2.77. The molecule has 0 amide bonds. The number of para-hydroxylation sites is 1. The summed E-state index contributed by atoms with van der Waals surface area (Å²) in [5, 5.41) is 10.8. The average Bonchev–Trinajstić information content (AvgIpc) is 2.46. The molecule has 0 radical (unpaired) electrons.